The van der Waals surface area contributed by atoms with E-state index in [1.165, 1.54) is 0 Å². The molecule has 0 spiro atoms. The molecule has 0 aliphatic heterocycles. The summed E-state index contributed by atoms with van der Waals surface area (Å²) in [6.07, 6.45) is 0. The molecule has 4 nitrogen and oxygen atoms in total. The maximum atomic E-state index is 11.3. The fourth-order valence-electron chi connectivity index (χ4n) is 1.87. The summed E-state index contributed by atoms with van der Waals surface area (Å²) in [6, 6.07) is 9.39. The molecule has 0 aliphatic rings. The van der Waals surface area contributed by atoms with Gasteiger partial charge in [-0.15, -0.1) is 0 Å². The van der Waals surface area contributed by atoms with E-state index < -0.39 is 9.05 Å². The van der Waals surface area contributed by atoms with Crippen molar-refractivity contribution in [3.05, 3.63) is 35.9 Å². The summed E-state index contributed by atoms with van der Waals surface area (Å²) in [5, 5.41) is 0. The molecule has 6 heteroatoms. The highest BCUT2D eigenvalue weighted by Crippen LogP contribution is 2.19. The van der Waals surface area contributed by atoms with Gasteiger partial charge in [-0.2, -0.15) is 0 Å². The molecule has 21 heavy (non-hydrogen) atoms. The first-order valence-electron chi connectivity index (χ1n) is 7.01. The van der Waals surface area contributed by atoms with Gasteiger partial charge in [-0.1, -0.05) is 44.2 Å². The average molecular weight is 335 g/mol. The highest BCUT2D eigenvalue weighted by Gasteiger charge is 2.19. The lowest BCUT2D eigenvalue weighted by Gasteiger charge is -2.16. The van der Waals surface area contributed by atoms with E-state index in [0.29, 0.717) is 32.3 Å². The molecule has 0 fully saturated rings. The fourth-order valence-corrected chi connectivity index (χ4v) is 3.09. The van der Waals surface area contributed by atoms with Crippen LogP contribution in [0.5, 0.6) is 0 Å². The molecular formula is C15H23ClO4S. The Bertz CT molecular complexity index is 488. The lowest BCUT2D eigenvalue weighted by molar-refractivity contribution is 0.0344. The highest BCUT2D eigenvalue weighted by atomic mass is 35.7. The van der Waals surface area contributed by atoms with E-state index in [4.69, 9.17) is 20.2 Å². The second-order valence-corrected chi connectivity index (χ2v) is 8.18. The van der Waals surface area contributed by atoms with Crippen LogP contribution in [0.25, 0.3) is 0 Å². The molecule has 0 bridgehead atoms. The van der Waals surface area contributed by atoms with E-state index >= 15 is 0 Å². The highest BCUT2D eigenvalue weighted by molar-refractivity contribution is 8.13. The van der Waals surface area contributed by atoms with Crippen molar-refractivity contribution in [1.82, 2.24) is 0 Å². The molecule has 0 heterocycles. The van der Waals surface area contributed by atoms with E-state index in [-0.39, 0.29) is 11.7 Å². The largest absolute Gasteiger partial charge is 0.379 e. The number of halogens is 1. The maximum absolute atomic E-state index is 11.3. The van der Waals surface area contributed by atoms with Crippen LogP contribution in [-0.2, 0) is 18.5 Å². The molecule has 0 saturated carbocycles. The monoisotopic (exact) mass is 334 g/mol. The van der Waals surface area contributed by atoms with Gasteiger partial charge in [0.1, 0.15) is 0 Å². The molecule has 1 unspecified atom stereocenters. The van der Waals surface area contributed by atoms with Crippen LogP contribution in [0, 0.1) is 5.92 Å². The first-order chi connectivity index (χ1) is 9.88. The van der Waals surface area contributed by atoms with Crippen LogP contribution in [-0.4, -0.2) is 40.6 Å². The van der Waals surface area contributed by atoms with Crippen molar-refractivity contribution in [2.45, 2.75) is 19.8 Å². The van der Waals surface area contributed by atoms with E-state index in [0.717, 1.165) is 5.56 Å². The second kappa shape index (κ2) is 9.41. The quantitative estimate of drug-likeness (QED) is 0.487. The zero-order valence-corrected chi connectivity index (χ0v) is 14.1. The van der Waals surface area contributed by atoms with Crippen molar-refractivity contribution in [1.29, 1.82) is 0 Å². The van der Waals surface area contributed by atoms with Gasteiger partial charge in [0, 0.05) is 23.2 Å². The van der Waals surface area contributed by atoms with Gasteiger partial charge in [-0.25, -0.2) is 8.42 Å². The molecule has 1 aromatic carbocycles. The third-order valence-corrected chi connectivity index (χ3v) is 3.99. The Hall–Kier alpha value is -0.620. The van der Waals surface area contributed by atoms with Crippen molar-refractivity contribution in [2.75, 3.05) is 32.2 Å². The molecular weight excluding hydrogens is 312 g/mol. The Labute approximate surface area is 131 Å². The number of rotatable bonds is 10. The minimum atomic E-state index is -3.57. The van der Waals surface area contributed by atoms with Gasteiger partial charge in [-0.05, 0) is 11.5 Å². The third-order valence-electron chi connectivity index (χ3n) is 2.81. The van der Waals surface area contributed by atoms with E-state index in [1.54, 1.807) is 0 Å². The van der Waals surface area contributed by atoms with Crippen LogP contribution in [0.15, 0.2) is 30.3 Å². The molecule has 0 radical (unpaired) electrons. The Morgan fingerprint density at radius 2 is 1.62 bits per heavy atom. The second-order valence-electron chi connectivity index (χ2n) is 5.36. The molecule has 0 aromatic heterocycles. The standard InChI is InChI=1S/C15H23ClO4S/c1-13(2)10-19-8-9-20-11-15(12-21(16,17)18)14-6-4-3-5-7-14/h3-7,13,15H,8-12H2,1-2H3. The zero-order chi connectivity index (χ0) is 15.7. The number of hydrogen-bond donors (Lipinski definition) is 0. The molecule has 0 N–H and O–H groups in total. The molecule has 1 atom stereocenters. The van der Waals surface area contributed by atoms with Crippen LogP contribution in [0.2, 0.25) is 0 Å². The smallest absolute Gasteiger partial charge is 0.233 e. The fraction of sp³-hybridized carbons (Fsp3) is 0.600. The SMILES string of the molecule is CC(C)COCCOCC(CS(=O)(=O)Cl)c1ccccc1. The van der Waals surface area contributed by atoms with Crippen LogP contribution in [0.3, 0.4) is 0 Å². The minimum Gasteiger partial charge on any atom is -0.379 e. The predicted octanol–water partition coefficient (Wildman–Crippen LogP) is 3.03. The average Bonchev–Trinajstić information content (AvgIpc) is 2.40. The molecule has 1 rings (SSSR count). The lowest BCUT2D eigenvalue weighted by atomic mass is 10.0. The third kappa shape index (κ3) is 9.09. The van der Waals surface area contributed by atoms with Crippen LogP contribution in [0.1, 0.15) is 25.3 Å². The first kappa shape index (κ1) is 18.4. The summed E-state index contributed by atoms with van der Waals surface area (Å²) in [4.78, 5) is 0. The van der Waals surface area contributed by atoms with Crippen molar-refractivity contribution in [3.63, 3.8) is 0 Å². The molecule has 0 saturated heterocycles. The number of benzene rings is 1. The number of ether oxygens (including phenoxy) is 2. The number of hydrogen-bond acceptors (Lipinski definition) is 4. The van der Waals surface area contributed by atoms with Gasteiger partial charge in [-0.3, -0.25) is 0 Å². The van der Waals surface area contributed by atoms with Gasteiger partial charge in [0.15, 0.2) is 0 Å². The normalized spacial score (nSPS) is 13.5. The van der Waals surface area contributed by atoms with Crippen molar-refractivity contribution in [2.24, 2.45) is 5.92 Å². The van der Waals surface area contributed by atoms with Crippen molar-refractivity contribution < 1.29 is 17.9 Å². The summed E-state index contributed by atoms with van der Waals surface area (Å²) in [5.41, 5.74) is 0.907. The molecule has 1 aromatic rings. The first-order valence-corrected chi connectivity index (χ1v) is 9.49. The Kier molecular flexibility index (Phi) is 8.26. The summed E-state index contributed by atoms with van der Waals surface area (Å²) in [5.74, 6) is 0.0908. The summed E-state index contributed by atoms with van der Waals surface area (Å²) < 4.78 is 33.6. The van der Waals surface area contributed by atoms with Crippen molar-refractivity contribution in [3.8, 4) is 0 Å². The van der Waals surface area contributed by atoms with E-state index in [9.17, 15) is 8.42 Å². The van der Waals surface area contributed by atoms with Crippen LogP contribution < -0.4 is 0 Å². The van der Waals surface area contributed by atoms with Crippen LogP contribution >= 0.6 is 10.7 Å². The molecule has 0 aliphatic carbocycles. The van der Waals surface area contributed by atoms with Gasteiger partial charge in [0.05, 0.1) is 25.6 Å². The summed E-state index contributed by atoms with van der Waals surface area (Å²) in [6.45, 7) is 6.11. The molecule has 0 amide bonds. The van der Waals surface area contributed by atoms with E-state index in [2.05, 4.69) is 13.8 Å². The van der Waals surface area contributed by atoms with Crippen LogP contribution in [0.4, 0.5) is 0 Å². The summed E-state index contributed by atoms with van der Waals surface area (Å²) >= 11 is 0. The van der Waals surface area contributed by atoms with Gasteiger partial charge < -0.3 is 9.47 Å². The lowest BCUT2D eigenvalue weighted by Crippen LogP contribution is -2.18. The molecule has 120 valence electrons. The Balaban J connectivity index is 2.44. The Morgan fingerprint density at radius 1 is 1.05 bits per heavy atom. The van der Waals surface area contributed by atoms with Gasteiger partial charge in [0.25, 0.3) is 0 Å². The predicted molar refractivity (Wildman–Crippen MR) is 85.3 cm³/mol. The minimum absolute atomic E-state index is 0.134. The summed E-state index contributed by atoms with van der Waals surface area (Å²) in [7, 11) is 1.80. The van der Waals surface area contributed by atoms with Crippen molar-refractivity contribution >= 4 is 19.7 Å². The van der Waals surface area contributed by atoms with E-state index in [1.807, 2.05) is 30.3 Å². The Morgan fingerprint density at radius 3 is 2.14 bits per heavy atom. The maximum Gasteiger partial charge on any atom is 0.233 e. The van der Waals surface area contributed by atoms with Gasteiger partial charge >= 0.3 is 0 Å². The van der Waals surface area contributed by atoms with Gasteiger partial charge in [0.2, 0.25) is 9.05 Å². The topological polar surface area (TPSA) is 52.6 Å². The zero-order valence-electron chi connectivity index (χ0n) is 12.5.